The van der Waals surface area contributed by atoms with E-state index in [2.05, 4.69) is 17.0 Å². The van der Waals surface area contributed by atoms with Crippen LogP contribution in [-0.2, 0) is 9.53 Å². The minimum atomic E-state index is -0.113. The second kappa shape index (κ2) is 5.71. The smallest absolute Gasteiger partial charge is 0.307 e. The number of methoxy groups -OCH3 is 1. The Hall–Kier alpha value is -1.51. The molecule has 0 radical (unpaired) electrons. The first kappa shape index (κ1) is 12.0. The highest BCUT2D eigenvalue weighted by Crippen LogP contribution is 2.26. The quantitative estimate of drug-likeness (QED) is 0.752. The summed E-state index contributed by atoms with van der Waals surface area (Å²) >= 11 is 0. The predicted molar refractivity (Wildman–Crippen MR) is 68.1 cm³/mol. The van der Waals surface area contributed by atoms with Gasteiger partial charge in [-0.2, -0.15) is 0 Å². The molecule has 1 aliphatic heterocycles. The lowest BCUT2D eigenvalue weighted by Crippen LogP contribution is -2.41. The van der Waals surface area contributed by atoms with E-state index in [0.29, 0.717) is 12.5 Å². The molecule has 0 aromatic heterocycles. The number of carbonyl (C=O) groups excluding carboxylic acids is 1. The molecular formula is C14H19NO2. The number of esters is 1. The number of hydrogen-bond acceptors (Lipinski definition) is 3. The number of benzene rings is 1. The van der Waals surface area contributed by atoms with E-state index < -0.39 is 0 Å². The molecule has 17 heavy (non-hydrogen) atoms. The number of carbonyl (C=O) groups is 1. The van der Waals surface area contributed by atoms with Gasteiger partial charge in [-0.3, -0.25) is 4.79 Å². The van der Waals surface area contributed by atoms with Crippen LogP contribution in [0, 0.1) is 0 Å². The number of para-hydroxylation sites is 1. The molecular weight excluding hydrogens is 214 g/mol. The number of piperidine rings is 1. The Morgan fingerprint density at radius 1 is 1.35 bits per heavy atom. The fourth-order valence-corrected chi connectivity index (χ4v) is 2.45. The number of hydrogen-bond donors (Lipinski definition) is 0. The van der Waals surface area contributed by atoms with Crippen molar-refractivity contribution in [2.75, 3.05) is 18.6 Å². The molecule has 2 rings (SSSR count). The van der Waals surface area contributed by atoms with E-state index in [4.69, 9.17) is 4.74 Å². The van der Waals surface area contributed by atoms with Gasteiger partial charge in [0.05, 0.1) is 13.5 Å². The van der Waals surface area contributed by atoms with Crippen LogP contribution < -0.4 is 4.90 Å². The zero-order chi connectivity index (χ0) is 12.1. The van der Waals surface area contributed by atoms with Gasteiger partial charge in [0.1, 0.15) is 0 Å². The Balaban J connectivity index is 2.09. The van der Waals surface area contributed by atoms with Crippen LogP contribution in [-0.4, -0.2) is 25.7 Å². The van der Waals surface area contributed by atoms with Crippen LogP contribution in [0.1, 0.15) is 25.7 Å². The van der Waals surface area contributed by atoms with E-state index in [1.165, 1.54) is 25.6 Å². The van der Waals surface area contributed by atoms with Crippen molar-refractivity contribution in [1.82, 2.24) is 0 Å². The van der Waals surface area contributed by atoms with Crippen molar-refractivity contribution >= 4 is 11.7 Å². The molecule has 0 spiro atoms. The van der Waals surface area contributed by atoms with Gasteiger partial charge in [-0.15, -0.1) is 0 Å². The molecule has 0 saturated carbocycles. The maximum atomic E-state index is 11.4. The number of rotatable bonds is 3. The first-order valence-corrected chi connectivity index (χ1v) is 6.20. The summed E-state index contributed by atoms with van der Waals surface area (Å²) in [5, 5.41) is 0. The van der Waals surface area contributed by atoms with Crippen molar-refractivity contribution in [2.45, 2.75) is 31.7 Å². The van der Waals surface area contributed by atoms with Gasteiger partial charge in [-0.05, 0) is 31.4 Å². The molecule has 1 aromatic rings. The van der Waals surface area contributed by atoms with E-state index >= 15 is 0 Å². The molecule has 1 aliphatic rings. The zero-order valence-corrected chi connectivity index (χ0v) is 10.3. The Bertz CT molecular complexity index is 364. The molecule has 92 valence electrons. The lowest BCUT2D eigenvalue weighted by atomic mass is 9.98. The van der Waals surface area contributed by atoms with Crippen LogP contribution in [0.2, 0.25) is 0 Å². The fourth-order valence-electron chi connectivity index (χ4n) is 2.45. The highest BCUT2D eigenvalue weighted by atomic mass is 16.5. The van der Waals surface area contributed by atoms with E-state index in [-0.39, 0.29) is 5.97 Å². The minimum absolute atomic E-state index is 0.113. The molecule has 0 unspecified atom stereocenters. The largest absolute Gasteiger partial charge is 0.469 e. The molecule has 0 bridgehead atoms. The summed E-state index contributed by atoms with van der Waals surface area (Å²) in [6.45, 7) is 1.03. The third-order valence-electron chi connectivity index (χ3n) is 3.34. The van der Waals surface area contributed by atoms with Crippen molar-refractivity contribution in [2.24, 2.45) is 0 Å². The third kappa shape index (κ3) is 2.99. The number of ether oxygens (including phenoxy) is 1. The summed E-state index contributed by atoms with van der Waals surface area (Å²) in [5.74, 6) is -0.113. The molecule has 0 amide bonds. The summed E-state index contributed by atoms with van der Waals surface area (Å²) in [6, 6.07) is 10.6. The van der Waals surface area contributed by atoms with Crippen molar-refractivity contribution < 1.29 is 9.53 Å². The Morgan fingerprint density at radius 2 is 2.12 bits per heavy atom. The first-order chi connectivity index (χ1) is 8.31. The van der Waals surface area contributed by atoms with E-state index in [1.807, 2.05) is 18.2 Å². The molecule has 3 heteroatoms. The first-order valence-electron chi connectivity index (χ1n) is 6.20. The van der Waals surface area contributed by atoms with E-state index in [1.54, 1.807) is 0 Å². The van der Waals surface area contributed by atoms with Crippen LogP contribution in [0.3, 0.4) is 0 Å². The van der Waals surface area contributed by atoms with Gasteiger partial charge in [0.25, 0.3) is 0 Å². The second-order valence-corrected chi connectivity index (χ2v) is 4.46. The van der Waals surface area contributed by atoms with Gasteiger partial charge in [0.15, 0.2) is 0 Å². The summed E-state index contributed by atoms with van der Waals surface area (Å²) in [4.78, 5) is 13.7. The third-order valence-corrected chi connectivity index (χ3v) is 3.34. The number of nitrogens with zero attached hydrogens (tertiary/aromatic N) is 1. The molecule has 3 nitrogen and oxygen atoms in total. The van der Waals surface area contributed by atoms with Gasteiger partial charge in [0.2, 0.25) is 0 Å². The van der Waals surface area contributed by atoms with Crippen LogP contribution in [0.25, 0.3) is 0 Å². The summed E-state index contributed by atoms with van der Waals surface area (Å²) in [5.41, 5.74) is 1.21. The Labute approximate surface area is 102 Å². The maximum absolute atomic E-state index is 11.4. The topological polar surface area (TPSA) is 29.5 Å². The molecule has 1 aromatic carbocycles. The van der Waals surface area contributed by atoms with Crippen LogP contribution >= 0.6 is 0 Å². The van der Waals surface area contributed by atoms with Crippen molar-refractivity contribution in [3.8, 4) is 0 Å². The van der Waals surface area contributed by atoms with Gasteiger partial charge >= 0.3 is 5.97 Å². The fraction of sp³-hybridized carbons (Fsp3) is 0.500. The SMILES string of the molecule is COC(=O)C[C@H]1CCCCN1c1ccccc1. The standard InChI is InChI=1S/C14H19NO2/c1-17-14(16)11-13-9-5-6-10-15(13)12-7-3-2-4-8-12/h2-4,7-8,13H,5-6,9-11H2,1H3/t13-/m1/s1. The van der Waals surface area contributed by atoms with Crippen molar-refractivity contribution in [3.05, 3.63) is 30.3 Å². The van der Waals surface area contributed by atoms with Gasteiger partial charge in [-0.25, -0.2) is 0 Å². The highest BCUT2D eigenvalue weighted by Gasteiger charge is 2.25. The Morgan fingerprint density at radius 3 is 2.82 bits per heavy atom. The van der Waals surface area contributed by atoms with Gasteiger partial charge < -0.3 is 9.64 Å². The molecule has 1 fully saturated rings. The molecule has 0 N–H and O–H groups in total. The van der Waals surface area contributed by atoms with Crippen molar-refractivity contribution in [3.63, 3.8) is 0 Å². The average Bonchev–Trinajstić information content (AvgIpc) is 2.40. The Kier molecular flexibility index (Phi) is 4.02. The van der Waals surface area contributed by atoms with Gasteiger partial charge in [0, 0.05) is 18.3 Å². The predicted octanol–water partition coefficient (Wildman–Crippen LogP) is 2.61. The second-order valence-electron chi connectivity index (χ2n) is 4.46. The van der Waals surface area contributed by atoms with E-state index in [9.17, 15) is 4.79 Å². The van der Waals surface area contributed by atoms with Crippen LogP contribution in [0.5, 0.6) is 0 Å². The normalized spacial score (nSPS) is 20.1. The lowest BCUT2D eigenvalue weighted by Gasteiger charge is -2.37. The molecule has 1 heterocycles. The van der Waals surface area contributed by atoms with E-state index in [0.717, 1.165) is 13.0 Å². The maximum Gasteiger partial charge on any atom is 0.307 e. The zero-order valence-electron chi connectivity index (χ0n) is 10.3. The van der Waals surface area contributed by atoms with Gasteiger partial charge in [-0.1, -0.05) is 18.2 Å². The average molecular weight is 233 g/mol. The minimum Gasteiger partial charge on any atom is -0.469 e. The highest BCUT2D eigenvalue weighted by molar-refractivity contribution is 5.71. The van der Waals surface area contributed by atoms with Crippen LogP contribution in [0.4, 0.5) is 5.69 Å². The monoisotopic (exact) mass is 233 g/mol. The lowest BCUT2D eigenvalue weighted by molar-refractivity contribution is -0.141. The summed E-state index contributed by atoms with van der Waals surface area (Å²) < 4.78 is 4.77. The number of anilines is 1. The van der Waals surface area contributed by atoms with Crippen molar-refractivity contribution in [1.29, 1.82) is 0 Å². The summed E-state index contributed by atoms with van der Waals surface area (Å²) in [6.07, 6.45) is 3.97. The molecule has 1 atom stereocenters. The molecule has 0 aliphatic carbocycles. The molecule has 1 saturated heterocycles. The van der Waals surface area contributed by atoms with Crippen LogP contribution in [0.15, 0.2) is 30.3 Å². The summed E-state index contributed by atoms with van der Waals surface area (Å²) in [7, 11) is 1.46.